The summed E-state index contributed by atoms with van der Waals surface area (Å²) in [6.45, 7) is 1.92. The lowest BCUT2D eigenvalue weighted by Gasteiger charge is -2.32. The fraction of sp³-hybridized carbons (Fsp3) is 0.700. The Bertz CT molecular complexity index is 357. The van der Waals surface area contributed by atoms with Crippen LogP contribution in [0, 0.1) is 0 Å². The molecule has 0 aromatic rings. The number of urea groups is 1. The number of hydrogen-bond donors (Lipinski definition) is 3. The number of carbonyl (C=O) groups is 3. The minimum absolute atomic E-state index is 0.0888. The summed E-state index contributed by atoms with van der Waals surface area (Å²) < 4.78 is 0. The highest BCUT2D eigenvalue weighted by atomic mass is 16.4. The molecule has 0 aromatic heterocycles. The van der Waals surface area contributed by atoms with Crippen molar-refractivity contribution in [1.29, 1.82) is 0 Å². The van der Waals surface area contributed by atoms with Crippen molar-refractivity contribution < 1.29 is 24.6 Å². The maximum atomic E-state index is 11.7. The van der Waals surface area contributed by atoms with E-state index < -0.39 is 24.1 Å². The van der Waals surface area contributed by atoms with Gasteiger partial charge in [-0.25, -0.2) is 9.59 Å². The van der Waals surface area contributed by atoms with Crippen molar-refractivity contribution in [1.82, 2.24) is 15.1 Å². The number of hydrogen-bond acceptors (Lipinski definition) is 4. The third-order valence-corrected chi connectivity index (χ3v) is 2.77. The van der Waals surface area contributed by atoms with Crippen molar-refractivity contribution in [2.45, 2.75) is 19.1 Å². The molecule has 1 saturated heterocycles. The molecule has 0 spiro atoms. The molecule has 1 rings (SSSR count). The molecule has 18 heavy (non-hydrogen) atoms. The number of likely N-dealkylation sites (N-methyl/N-ethyl adjacent to an activating group) is 1. The van der Waals surface area contributed by atoms with E-state index in [1.807, 2.05) is 0 Å². The fourth-order valence-electron chi connectivity index (χ4n) is 1.54. The Hall–Kier alpha value is -1.83. The van der Waals surface area contributed by atoms with E-state index in [2.05, 4.69) is 5.32 Å². The predicted molar refractivity (Wildman–Crippen MR) is 60.8 cm³/mol. The second kappa shape index (κ2) is 5.67. The van der Waals surface area contributed by atoms with Gasteiger partial charge in [-0.1, -0.05) is 0 Å². The predicted octanol–water partition coefficient (Wildman–Crippen LogP) is -1.70. The lowest BCUT2D eigenvalue weighted by atomic mass is 10.2. The van der Waals surface area contributed by atoms with E-state index in [9.17, 15) is 19.5 Å². The number of nitrogens with one attached hydrogen (secondary N) is 1. The van der Waals surface area contributed by atoms with Gasteiger partial charge in [0.1, 0.15) is 6.54 Å². The molecule has 0 bridgehead atoms. The number of carboxylic acids is 1. The van der Waals surface area contributed by atoms with Gasteiger partial charge in [0.05, 0.1) is 6.10 Å². The topological polar surface area (TPSA) is 110 Å². The van der Waals surface area contributed by atoms with Crippen molar-refractivity contribution in [3.8, 4) is 0 Å². The number of rotatable bonds is 3. The minimum atomic E-state index is -1.38. The van der Waals surface area contributed by atoms with Crippen LogP contribution in [-0.2, 0) is 9.59 Å². The molecule has 0 aliphatic carbocycles. The highest BCUT2D eigenvalue weighted by Crippen LogP contribution is 2.03. The average Bonchev–Trinajstić information content (AvgIpc) is 2.28. The van der Waals surface area contributed by atoms with E-state index in [1.165, 1.54) is 16.7 Å². The summed E-state index contributed by atoms with van der Waals surface area (Å²) in [7, 11) is 1.63. The number of piperazine rings is 1. The standard InChI is InChI=1S/C10H17N3O5/c1-6(14)8(9(16)17)11-10(18)13-4-3-12(2)7(15)5-13/h6,8,14H,3-5H2,1-2H3,(H,11,18)(H,16,17)/t6-,8+/m1/s1. The Balaban J connectivity index is 2.60. The fourth-order valence-corrected chi connectivity index (χ4v) is 1.54. The van der Waals surface area contributed by atoms with Crippen molar-refractivity contribution in [3.63, 3.8) is 0 Å². The van der Waals surface area contributed by atoms with E-state index in [1.54, 1.807) is 7.05 Å². The normalized spacial score (nSPS) is 19.4. The van der Waals surface area contributed by atoms with Crippen LogP contribution < -0.4 is 5.32 Å². The zero-order chi connectivity index (χ0) is 13.9. The maximum Gasteiger partial charge on any atom is 0.328 e. The lowest BCUT2D eigenvalue weighted by molar-refractivity contribution is -0.141. The Kier molecular flexibility index (Phi) is 4.49. The Labute approximate surface area is 104 Å². The van der Waals surface area contributed by atoms with Crippen LogP contribution in [0.3, 0.4) is 0 Å². The van der Waals surface area contributed by atoms with Crippen LogP contribution in [0.5, 0.6) is 0 Å². The maximum absolute atomic E-state index is 11.7. The first-order chi connectivity index (χ1) is 8.32. The molecule has 0 unspecified atom stereocenters. The monoisotopic (exact) mass is 259 g/mol. The van der Waals surface area contributed by atoms with Crippen LogP contribution in [0.1, 0.15) is 6.92 Å². The third-order valence-electron chi connectivity index (χ3n) is 2.77. The SMILES string of the molecule is C[C@@H](O)[C@H](NC(=O)N1CCN(C)C(=O)C1)C(=O)O. The van der Waals surface area contributed by atoms with Gasteiger partial charge in [-0.15, -0.1) is 0 Å². The van der Waals surface area contributed by atoms with Crippen LogP contribution in [0.25, 0.3) is 0 Å². The van der Waals surface area contributed by atoms with Crippen LogP contribution in [0.2, 0.25) is 0 Å². The molecule has 1 aliphatic heterocycles. The number of aliphatic carboxylic acids is 1. The average molecular weight is 259 g/mol. The summed E-state index contributed by atoms with van der Waals surface area (Å²) in [4.78, 5) is 36.7. The molecule has 0 saturated carbocycles. The number of aliphatic hydroxyl groups is 1. The molecular formula is C10H17N3O5. The van der Waals surface area contributed by atoms with Gasteiger partial charge in [-0.05, 0) is 6.92 Å². The third kappa shape index (κ3) is 3.33. The van der Waals surface area contributed by atoms with Crippen molar-refractivity contribution in [2.75, 3.05) is 26.7 Å². The van der Waals surface area contributed by atoms with E-state index in [0.717, 1.165) is 0 Å². The number of carboxylic acid groups (broad SMARTS) is 1. The van der Waals surface area contributed by atoms with Gasteiger partial charge in [0, 0.05) is 20.1 Å². The van der Waals surface area contributed by atoms with Gasteiger partial charge in [-0.2, -0.15) is 0 Å². The number of amides is 3. The van der Waals surface area contributed by atoms with Gasteiger partial charge in [0.15, 0.2) is 6.04 Å². The molecular weight excluding hydrogens is 242 g/mol. The highest BCUT2D eigenvalue weighted by Gasteiger charge is 2.30. The zero-order valence-electron chi connectivity index (χ0n) is 10.3. The molecule has 3 amide bonds. The number of nitrogens with zero attached hydrogens (tertiary/aromatic N) is 2. The quantitative estimate of drug-likeness (QED) is 0.560. The molecule has 1 aliphatic rings. The largest absolute Gasteiger partial charge is 0.480 e. The second-order valence-electron chi connectivity index (χ2n) is 4.24. The zero-order valence-corrected chi connectivity index (χ0v) is 10.3. The number of aliphatic hydroxyl groups excluding tert-OH is 1. The molecule has 3 N–H and O–H groups in total. The van der Waals surface area contributed by atoms with Gasteiger partial charge in [-0.3, -0.25) is 4.79 Å². The molecule has 8 heteroatoms. The Morgan fingerprint density at radius 3 is 2.44 bits per heavy atom. The summed E-state index contributed by atoms with van der Waals surface area (Å²) in [5, 5.41) is 20.2. The smallest absolute Gasteiger partial charge is 0.328 e. The summed E-state index contributed by atoms with van der Waals surface area (Å²) in [5.41, 5.74) is 0. The Morgan fingerprint density at radius 1 is 1.39 bits per heavy atom. The molecule has 1 fully saturated rings. The first-order valence-corrected chi connectivity index (χ1v) is 5.53. The van der Waals surface area contributed by atoms with E-state index >= 15 is 0 Å². The molecule has 102 valence electrons. The van der Waals surface area contributed by atoms with Crippen molar-refractivity contribution >= 4 is 17.9 Å². The molecule has 8 nitrogen and oxygen atoms in total. The number of carbonyl (C=O) groups excluding carboxylic acids is 2. The summed E-state index contributed by atoms with van der Waals surface area (Å²) in [5.74, 6) is -1.53. The van der Waals surface area contributed by atoms with Crippen LogP contribution >= 0.6 is 0 Å². The highest BCUT2D eigenvalue weighted by molar-refractivity contribution is 5.87. The van der Waals surface area contributed by atoms with Crippen LogP contribution in [-0.4, -0.2) is 76.7 Å². The van der Waals surface area contributed by atoms with Crippen LogP contribution in [0.4, 0.5) is 4.79 Å². The van der Waals surface area contributed by atoms with E-state index in [0.29, 0.717) is 13.1 Å². The van der Waals surface area contributed by atoms with E-state index in [-0.39, 0.29) is 12.5 Å². The minimum Gasteiger partial charge on any atom is -0.480 e. The van der Waals surface area contributed by atoms with Gasteiger partial charge in [0.2, 0.25) is 5.91 Å². The van der Waals surface area contributed by atoms with Gasteiger partial charge < -0.3 is 25.3 Å². The summed E-state index contributed by atoms with van der Waals surface area (Å²) >= 11 is 0. The van der Waals surface area contributed by atoms with Crippen LogP contribution in [0.15, 0.2) is 0 Å². The summed E-state index contributed by atoms with van der Waals surface area (Å²) in [6.07, 6.45) is -1.21. The summed E-state index contributed by atoms with van der Waals surface area (Å²) in [6, 6.07) is -2.04. The first-order valence-electron chi connectivity index (χ1n) is 5.53. The molecule has 1 heterocycles. The van der Waals surface area contributed by atoms with E-state index in [4.69, 9.17) is 5.11 Å². The molecule has 0 aromatic carbocycles. The second-order valence-corrected chi connectivity index (χ2v) is 4.24. The lowest BCUT2D eigenvalue weighted by Crippen LogP contribution is -2.57. The van der Waals surface area contributed by atoms with Gasteiger partial charge in [0.25, 0.3) is 0 Å². The van der Waals surface area contributed by atoms with Crippen molar-refractivity contribution in [2.24, 2.45) is 0 Å². The Morgan fingerprint density at radius 2 is 2.00 bits per heavy atom. The molecule has 2 atom stereocenters. The molecule has 0 radical (unpaired) electrons. The first kappa shape index (κ1) is 14.2. The van der Waals surface area contributed by atoms with Crippen molar-refractivity contribution in [3.05, 3.63) is 0 Å². The van der Waals surface area contributed by atoms with Gasteiger partial charge >= 0.3 is 12.0 Å².